The van der Waals surface area contributed by atoms with Crippen LogP contribution in [-0.4, -0.2) is 32.0 Å². The number of nitrogens with one attached hydrogen (secondary N) is 2. The van der Waals surface area contributed by atoms with Crippen LogP contribution in [0.4, 0.5) is 0 Å². The van der Waals surface area contributed by atoms with Gasteiger partial charge in [-0.1, -0.05) is 6.07 Å². The standard InChI is InChI=1S/C23H25N5O2/c1-16-5-10-22-26-20(14-28(22)13-16)15-30-21-8-6-18(7-9-21)23(29)24-11-3-4-19-12-25-27-17(19)2/h5-10,12-14H,3-4,11,15H2,1-2H3,(H,24,29)(H,25,27). The highest BCUT2D eigenvalue weighted by Crippen LogP contribution is 2.15. The van der Waals surface area contributed by atoms with Crippen LogP contribution in [0.2, 0.25) is 0 Å². The number of fused-ring (bicyclic) bond motifs is 1. The number of carbonyl (C=O) groups excluding carboxylic acids is 1. The van der Waals surface area contributed by atoms with Crippen molar-refractivity contribution in [1.82, 2.24) is 24.9 Å². The summed E-state index contributed by atoms with van der Waals surface area (Å²) < 4.78 is 7.82. The first-order valence-corrected chi connectivity index (χ1v) is 10.0. The Kier molecular flexibility index (Phi) is 5.79. The van der Waals surface area contributed by atoms with Crippen molar-refractivity contribution < 1.29 is 9.53 Å². The molecule has 0 fully saturated rings. The number of nitrogens with zero attached hydrogens (tertiary/aromatic N) is 3. The molecule has 4 rings (SSSR count). The van der Waals surface area contributed by atoms with E-state index in [1.807, 2.05) is 61.1 Å². The molecule has 7 heteroatoms. The van der Waals surface area contributed by atoms with Crippen LogP contribution >= 0.6 is 0 Å². The molecule has 0 radical (unpaired) electrons. The fourth-order valence-electron chi connectivity index (χ4n) is 3.30. The lowest BCUT2D eigenvalue weighted by Crippen LogP contribution is -2.24. The van der Waals surface area contributed by atoms with E-state index in [4.69, 9.17) is 4.74 Å². The third kappa shape index (κ3) is 4.68. The van der Waals surface area contributed by atoms with E-state index in [0.717, 1.165) is 29.9 Å². The molecular formula is C23H25N5O2. The van der Waals surface area contributed by atoms with Gasteiger partial charge in [-0.25, -0.2) is 4.98 Å². The summed E-state index contributed by atoms with van der Waals surface area (Å²) in [6, 6.07) is 11.2. The number of rotatable bonds is 8. The molecule has 154 valence electrons. The fourth-order valence-corrected chi connectivity index (χ4v) is 3.30. The molecule has 2 N–H and O–H groups in total. The van der Waals surface area contributed by atoms with Crippen LogP contribution < -0.4 is 10.1 Å². The summed E-state index contributed by atoms with van der Waals surface area (Å²) in [5.41, 5.74) is 5.81. The summed E-state index contributed by atoms with van der Waals surface area (Å²) in [6.07, 6.45) is 7.60. The smallest absolute Gasteiger partial charge is 0.251 e. The minimum atomic E-state index is -0.0822. The lowest BCUT2D eigenvalue weighted by molar-refractivity contribution is 0.0953. The normalized spacial score (nSPS) is 11.0. The van der Waals surface area contributed by atoms with Crippen molar-refractivity contribution >= 4 is 11.6 Å². The monoisotopic (exact) mass is 403 g/mol. The van der Waals surface area contributed by atoms with E-state index in [0.29, 0.717) is 24.5 Å². The van der Waals surface area contributed by atoms with Crippen LogP contribution in [0, 0.1) is 13.8 Å². The van der Waals surface area contributed by atoms with E-state index in [1.54, 1.807) is 12.1 Å². The molecule has 0 saturated heterocycles. The van der Waals surface area contributed by atoms with Crippen LogP contribution in [0.1, 0.15) is 39.3 Å². The van der Waals surface area contributed by atoms with Gasteiger partial charge in [0.25, 0.3) is 5.91 Å². The molecule has 0 aliphatic heterocycles. The molecule has 3 aromatic heterocycles. The predicted octanol–water partition coefficient (Wildman–Crippen LogP) is 3.62. The number of aromatic amines is 1. The van der Waals surface area contributed by atoms with Gasteiger partial charge in [0, 0.05) is 30.2 Å². The Morgan fingerprint density at radius 1 is 1.13 bits per heavy atom. The molecule has 1 aromatic carbocycles. The number of aromatic nitrogens is 4. The van der Waals surface area contributed by atoms with Gasteiger partial charge in [0.1, 0.15) is 18.0 Å². The van der Waals surface area contributed by atoms with E-state index >= 15 is 0 Å². The minimum Gasteiger partial charge on any atom is -0.487 e. The molecule has 0 aliphatic carbocycles. The Morgan fingerprint density at radius 3 is 2.73 bits per heavy atom. The molecule has 30 heavy (non-hydrogen) atoms. The number of pyridine rings is 1. The average molecular weight is 403 g/mol. The number of imidazole rings is 1. The molecule has 0 unspecified atom stereocenters. The van der Waals surface area contributed by atoms with E-state index in [1.165, 1.54) is 11.1 Å². The summed E-state index contributed by atoms with van der Waals surface area (Å²) in [7, 11) is 0. The van der Waals surface area contributed by atoms with Gasteiger partial charge in [-0.3, -0.25) is 9.89 Å². The van der Waals surface area contributed by atoms with Gasteiger partial charge in [-0.15, -0.1) is 0 Å². The van der Waals surface area contributed by atoms with Crippen LogP contribution in [0.5, 0.6) is 5.75 Å². The number of amides is 1. The SMILES string of the molecule is Cc1ccc2nc(COc3ccc(C(=O)NCCCc4cn[nH]c4C)cc3)cn2c1. The molecule has 0 spiro atoms. The number of aryl methyl sites for hydroxylation is 3. The summed E-state index contributed by atoms with van der Waals surface area (Å²) in [4.78, 5) is 16.9. The van der Waals surface area contributed by atoms with Crippen LogP contribution in [0.15, 0.2) is 55.0 Å². The number of hydrogen-bond acceptors (Lipinski definition) is 4. The minimum absolute atomic E-state index is 0.0822. The maximum atomic E-state index is 12.3. The average Bonchev–Trinajstić information content (AvgIpc) is 3.35. The Morgan fingerprint density at radius 2 is 1.97 bits per heavy atom. The third-order valence-corrected chi connectivity index (χ3v) is 4.99. The van der Waals surface area contributed by atoms with Crippen molar-refractivity contribution in [3.8, 4) is 5.75 Å². The summed E-state index contributed by atoms with van der Waals surface area (Å²) in [5.74, 6) is 0.622. The van der Waals surface area contributed by atoms with E-state index in [-0.39, 0.29) is 5.91 Å². The van der Waals surface area contributed by atoms with Crippen LogP contribution in [0.3, 0.4) is 0 Å². The first-order valence-electron chi connectivity index (χ1n) is 10.0. The zero-order chi connectivity index (χ0) is 20.9. The molecule has 0 aliphatic rings. The van der Waals surface area contributed by atoms with E-state index < -0.39 is 0 Å². The zero-order valence-corrected chi connectivity index (χ0v) is 17.2. The summed E-state index contributed by atoms with van der Waals surface area (Å²) in [6.45, 7) is 5.04. The molecule has 1 amide bonds. The molecule has 0 saturated carbocycles. The third-order valence-electron chi connectivity index (χ3n) is 4.99. The topological polar surface area (TPSA) is 84.3 Å². The van der Waals surface area contributed by atoms with Gasteiger partial charge in [0.2, 0.25) is 0 Å². The Balaban J connectivity index is 1.25. The second-order valence-electron chi connectivity index (χ2n) is 7.40. The van der Waals surface area contributed by atoms with Crippen molar-refractivity contribution in [2.75, 3.05) is 6.54 Å². The Hall–Kier alpha value is -3.61. The molecule has 7 nitrogen and oxygen atoms in total. The molecular weight excluding hydrogens is 378 g/mol. The highest BCUT2D eigenvalue weighted by Gasteiger charge is 2.07. The Labute approximate surface area is 175 Å². The highest BCUT2D eigenvalue weighted by molar-refractivity contribution is 5.94. The van der Waals surface area contributed by atoms with Crippen molar-refractivity contribution in [2.45, 2.75) is 33.3 Å². The number of ether oxygens (including phenoxy) is 1. The number of H-pyrrole nitrogens is 1. The molecule has 4 aromatic rings. The van der Waals surface area contributed by atoms with Gasteiger partial charge in [0.05, 0.1) is 11.9 Å². The predicted molar refractivity (Wildman–Crippen MR) is 115 cm³/mol. The van der Waals surface area contributed by atoms with Crippen molar-refractivity contribution in [3.05, 3.63) is 83.1 Å². The second kappa shape index (κ2) is 8.82. The number of carbonyl (C=O) groups is 1. The van der Waals surface area contributed by atoms with Crippen LogP contribution in [0.25, 0.3) is 5.65 Å². The van der Waals surface area contributed by atoms with Gasteiger partial charge < -0.3 is 14.5 Å². The Bertz CT molecular complexity index is 1140. The lowest BCUT2D eigenvalue weighted by Gasteiger charge is -2.07. The van der Waals surface area contributed by atoms with Gasteiger partial charge in [0.15, 0.2) is 0 Å². The number of benzene rings is 1. The van der Waals surface area contributed by atoms with Gasteiger partial charge in [-0.2, -0.15) is 5.10 Å². The second-order valence-corrected chi connectivity index (χ2v) is 7.40. The van der Waals surface area contributed by atoms with Crippen molar-refractivity contribution in [2.24, 2.45) is 0 Å². The first kappa shape index (κ1) is 19.7. The van der Waals surface area contributed by atoms with Crippen molar-refractivity contribution in [1.29, 1.82) is 0 Å². The maximum absolute atomic E-state index is 12.3. The summed E-state index contributed by atoms with van der Waals surface area (Å²) >= 11 is 0. The number of hydrogen-bond donors (Lipinski definition) is 2. The molecule has 0 atom stereocenters. The maximum Gasteiger partial charge on any atom is 0.251 e. The first-order chi connectivity index (χ1) is 14.6. The molecule has 3 heterocycles. The van der Waals surface area contributed by atoms with Crippen LogP contribution in [-0.2, 0) is 13.0 Å². The van der Waals surface area contributed by atoms with Crippen molar-refractivity contribution in [3.63, 3.8) is 0 Å². The van der Waals surface area contributed by atoms with E-state index in [9.17, 15) is 4.79 Å². The lowest BCUT2D eigenvalue weighted by atomic mass is 10.1. The van der Waals surface area contributed by atoms with Gasteiger partial charge in [-0.05, 0) is 68.1 Å². The fraction of sp³-hybridized carbons (Fsp3) is 0.261. The highest BCUT2D eigenvalue weighted by atomic mass is 16.5. The largest absolute Gasteiger partial charge is 0.487 e. The van der Waals surface area contributed by atoms with Gasteiger partial charge >= 0.3 is 0 Å². The zero-order valence-electron chi connectivity index (χ0n) is 17.2. The van der Waals surface area contributed by atoms with E-state index in [2.05, 4.69) is 20.5 Å². The summed E-state index contributed by atoms with van der Waals surface area (Å²) in [5, 5.41) is 9.89. The molecule has 0 bridgehead atoms. The quantitative estimate of drug-likeness (QED) is 0.440.